The van der Waals surface area contributed by atoms with Crippen molar-refractivity contribution in [1.29, 1.82) is 0 Å². The van der Waals surface area contributed by atoms with Crippen molar-refractivity contribution in [3.8, 4) is 0 Å². The Balaban J connectivity index is 1.65. The molecule has 0 saturated heterocycles. The van der Waals surface area contributed by atoms with E-state index in [-0.39, 0.29) is 0 Å². The smallest absolute Gasteiger partial charge is 0.0982 e. The Morgan fingerprint density at radius 2 is 1.77 bits per heavy atom. The number of rotatable bonds is 3. The summed E-state index contributed by atoms with van der Waals surface area (Å²) >= 11 is 3.48. The third kappa shape index (κ3) is 3.92. The summed E-state index contributed by atoms with van der Waals surface area (Å²) in [6.07, 6.45) is 14.6. The lowest BCUT2D eigenvalue weighted by atomic mass is 9.95. The molecule has 2 aliphatic rings. The van der Waals surface area contributed by atoms with E-state index in [0.717, 1.165) is 16.7 Å². The Hall–Kier alpha value is -1.28. The largest absolute Gasteiger partial charge is 0.495 e. The Morgan fingerprint density at radius 1 is 1.05 bits per heavy atom. The van der Waals surface area contributed by atoms with Crippen LogP contribution in [0.25, 0.3) is 5.57 Å². The molecule has 116 valence electrons. The Labute approximate surface area is 141 Å². The molecule has 1 nitrogen and oxygen atoms in total. The van der Waals surface area contributed by atoms with Crippen LogP contribution in [0.4, 0.5) is 0 Å². The van der Waals surface area contributed by atoms with Gasteiger partial charge in [-0.05, 0) is 67.9 Å². The Kier molecular flexibility index (Phi) is 5.20. The topological polar surface area (TPSA) is 9.23 Å². The van der Waals surface area contributed by atoms with Crippen molar-refractivity contribution in [2.24, 2.45) is 0 Å². The molecule has 0 unspecified atom stereocenters. The Morgan fingerprint density at radius 3 is 2.41 bits per heavy atom. The van der Waals surface area contributed by atoms with Gasteiger partial charge in [-0.25, -0.2) is 0 Å². The van der Waals surface area contributed by atoms with Gasteiger partial charge >= 0.3 is 0 Å². The van der Waals surface area contributed by atoms with Gasteiger partial charge < -0.3 is 4.74 Å². The zero-order valence-corrected chi connectivity index (χ0v) is 14.7. The van der Waals surface area contributed by atoms with Gasteiger partial charge in [0, 0.05) is 4.47 Å². The summed E-state index contributed by atoms with van der Waals surface area (Å²) in [6, 6.07) is 8.49. The molecule has 0 aromatic heterocycles. The molecule has 0 N–H and O–H groups in total. The number of hydrogen-bond acceptors (Lipinski definition) is 1. The molecule has 0 aliphatic heterocycles. The highest BCUT2D eigenvalue weighted by Crippen LogP contribution is 2.29. The molecule has 0 heterocycles. The first kappa shape index (κ1) is 15.6. The fourth-order valence-electron chi connectivity index (χ4n) is 3.17. The minimum absolute atomic E-state index is 0.437. The maximum atomic E-state index is 6.18. The second-order valence-corrected chi connectivity index (χ2v) is 7.08. The highest BCUT2D eigenvalue weighted by atomic mass is 79.9. The molecule has 1 aromatic rings. The first-order chi connectivity index (χ1) is 10.7. The molecule has 1 fully saturated rings. The van der Waals surface area contributed by atoms with Crippen LogP contribution >= 0.6 is 15.9 Å². The van der Waals surface area contributed by atoms with Crippen LogP contribution < -0.4 is 0 Å². The molecule has 2 aliphatic carbocycles. The second-order valence-electron chi connectivity index (χ2n) is 6.16. The number of allylic oxidation sites excluding steroid dienone is 6. The molecule has 1 saturated carbocycles. The van der Waals surface area contributed by atoms with Crippen LogP contribution in [0.1, 0.15) is 51.0 Å². The van der Waals surface area contributed by atoms with Crippen molar-refractivity contribution in [2.45, 2.75) is 51.6 Å². The van der Waals surface area contributed by atoms with E-state index >= 15 is 0 Å². The first-order valence-electron chi connectivity index (χ1n) is 8.23. The summed E-state index contributed by atoms with van der Waals surface area (Å²) in [5.41, 5.74) is 3.87. The fourth-order valence-corrected chi connectivity index (χ4v) is 3.44. The number of halogens is 1. The van der Waals surface area contributed by atoms with Gasteiger partial charge in [0.1, 0.15) is 0 Å². The maximum Gasteiger partial charge on any atom is 0.0982 e. The van der Waals surface area contributed by atoms with Gasteiger partial charge in [0.05, 0.1) is 11.9 Å². The quantitative estimate of drug-likeness (QED) is 0.566. The van der Waals surface area contributed by atoms with E-state index in [9.17, 15) is 0 Å². The van der Waals surface area contributed by atoms with E-state index < -0.39 is 0 Å². The second kappa shape index (κ2) is 7.32. The standard InChI is InChI=1S/C20H23BrO/c1-15(22-20-5-3-2-4-6-20)16-7-9-17(10-8-16)18-11-13-19(21)14-12-18/h7,9-14,20H,2-6,8H2,1H3/b16-15-. The van der Waals surface area contributed by atoms with Crippen LogP contribution in [0.3, 0.4) is 0 Å². The molecular weight excluding hydrogens is 336 g/mol. The van der Waals surface area contributed by atoms with E-state index in [1.54, 1.807) is 0 Å². The van der Waals surface area contributed by atoms with E-state index in [0.29, 0.717) is 6.10 Å². The van der Waals surface area contributed by atoms with Crippen molar-refractivity contribution < 1.29 is 4.74 Å². The lowest BCUT2D eigenvalue weighted by molar-refractivity contribution is 0.0819. The zero-order chi connectivity index (χ0) is 15.4. The highest BCUT2D eigenvalue weighted by molar-refractivity contribution is 9.10. The summed E-state index contributed by atoms with van der Waals surface area (Å²) < 4.78 is 7.30. The molecule has 0 amide bonds. The van der Waals surface area contributed by atoms with E-state index in [4.69, 9.17) is 4.74 Å². The molecular formula is C20H23BrO. The minimum atomic E-state index is 0.437. The van der Waals surface area contributed by atoms with Crippen LogP contribution in [-0.4, -0.2) is 6.10 Å². The van der Waals surface area contributed by atoms with Gasteiger partial charge in [-0.1, -0.05) is 52.7 Å². The lowest BCUT2D eigenvalue weighted by Crippen LogP contribution is -2.16. The predicted molar refractivity (Wildman–Crippen MR) is 96.5 cm³/mol. The Bertz CT molecular complexity index is 601. The molecule has 0 atom stereocenters. The SMILES string of the molecule is C/C(OC1CCCCC1)=C1\C=CC(c2ccc(Br)cc2)=CC1. The van der Waals surface area contributed by atoms with Crippen LogP contribution in [0.2, 0.25) is 0 Å². The summed E-state index contributed by atoms with van der Waals surface area (Å²) in [5, 5.41) is 0. The number of ether oxygens (including phenoxy) is 1. The summed E-state index contributed by atoms with van der Waals surface area (Å²) in [4.78, 5) is 0. The normalized spacial score (nSPS) is 21.5. The van der Waals surface area contributed by atoms with E-state index in [1.165, 1.54) is 48.8 Å². The van der Waals surface area contributed by atoms with Gasteiger partial charge in [0.25, 0.3) is 0 Å². The first-order valence-corrected chi connectivity index (χ1v) is 9.02. The summed E-state index contributed by atoms with van der Waals surface area (Å²) in [6.45, 7) is 2.12. The summed E-state index contributed by atoms with van der Waals surface area (Å²) in [7, 11) is 0. The van der Waals surface area contributed by atoms with Crippen LogP contribution in [-0.2, 0) is 4.74 Å². The molecule has 0 spiro atoms. The van der Waals surface area contributed by atoms with Gasteiger partial charge in [-0.3, -0.25) is 0 Å². The predicted octanol–water partition coefficient (Wildman–Crippen LogP) is 6.42. The van der Waals surface area contributed by atoms with Crippen molar-refractivity contribution in [3.63, 3.8) is 0 Å². The minimum Gasteiger partial charge on any atom is -0.495 e. The number of benzene rings is 1. The maximum absolute atomic E-state index is 6.18. The van der Waals surface area contributed by atoms with Crippen LogP contribution in [0.5, 0.6) is 0 Å². The number of hydrogen-bond donors (Lipinski definition) is 0. The summed E-state index contributed by atoms with van der Waals surface area (Å²) in [5.74, 6) is 1.11. The lowest BCUT2D eigenvalue weighted by Gasteiger charge is -2.24. The molecule has 3 rings (SSSR count). The fraction of sp³-hybridized carbons (Fsp3) is 0.400. The highest BCUT2D eigenvalue weighted by Gasteiger charge is 2.16. The zero-order valence-electron chi connectivity index (χ0n) is 13.1. The van der Waals surface area contributed by atoms with Gasteiger partial charge in [0.15, 0.2) is 0 Å². The van der Waals surface area contributed by atoms with E-state index in [2.05, 4.69) is 65.3 Å². The van der Waals surface area contributed by atoms with Crippen molar-refractivity contribution in [1.82, 2.24) is 0 Å². The monoisotopic (exact) mass is 358 g/mol. The molecule has 0 bridgehead atoms. The third-order valence-corrected chi connectivity index (χ3v) is 5.06. The van der Waals surface area contributed by atoms with Gasteiger partial charge in [-0.15, -0.1) is 0 Å². The molecule has 22 heavy (non-hydrogen) atoms. The van der Waals surface area contributed by atoms with Crippen LogP contribution in [0.15, 0.2) is 58.3 Å². The molecule has 2 heteroatoms. The third-order valence-electron chi connectivity index (χ3n) is 4.53. The average molecular weight is 359 g/mol. The van der Waals surface area contributed by atoms with Crippen molar-refractivity contribution in [3.05, 3.63) is 63.9 Å². The molecule has 0 radical (unpaired) electrons. The van der Waals surface area contributed by atoms with Gasteiger partial charge in [-0.2, -0.15) is 0 Å². The van der Waals surface area contributed by atoms with Crippen LogP contribution in [0, 0.1) is 0 Å². The van der Waals surface area contributed by atoms with Crippen molar-refractivity contribution >= 4 is 21.5 Å². The average Bonchev–Trinajstić information content (AvgIpc) is 2.57. The van der Waals surface area contributed by atoms with E-state index in [1.807, 2.05) is 0 Å². The van der Waals surface area contributed by atoms with Gasteiger partial charge in [0.2, 0.25) is 0 Å². The van der Waals surface area contributed by atoms with Crippen molar-refractivity contribution in [2.75, 3.05) is 0 Å². The molecule has 1 aromatic carbocycles.